The zero-order valence-electron chi connectivity index (χ0n) is 11.7. The van der Waals surface area contributed by atoms with Crippen LogP contribution in [0, 0.1) is 13.8 Å². The Morgan fingerprint density at radius 1 is 1.16 bits per heavy atom. The molecular formula is C16H18N2O. The Kier molecular flexibility index (Phi) is 3.65. The van der Waals surface area contributed by atoms with Gasteiger partial charge in [-0.3, -0.25) is 4.79 Å². The van der Waals surface area contributed by atoms with Crippen LogP contribution in [0.1, 0.15) is 28.4 Å². The normalized spacial score (nSPS) is 10.3. The second kappa shape index (κ2) is 5.22. The number of nitrogens with zero attached hydrogens (tertiary/aromatic N) is 1. The molecule has 0 saturated heterocycles. The van der Waals surface area contributed by atoms with E-state index in [-0.39, 0.29) is 5.78 Å². The number of aryl methyl sites for hydroxylation is 1. The topological polar surface area (TPSA) is 42.0 Å². The Balaban J connectivity index is 2.62. The predicted octanol–water partition coefficient (Wildman–Crippen LogP) is 3.61. The highest BCUT2D eigenvalue weighted by Gasteiger charge is 2.15. The van der Waals surface area contributed by atoms with Crippen LogP contribution in [0.5, 0.6) is 0 Å². The molecule has 3 heteroatoms. The van der Waals surface area contributed by atoms with E-state index in [4.69, 9.17) is 0 Å². The van der Waals surface area contributed by atoms with Crippen LogP contribution in [0.15, 0.2) is 30.5 Å². The summed E-state index contributed by atoms with van der Waals surface area (Å²) in [7, 11) is 1.78. The lowest BCUT2D eigenvalue weighted by Crippen LogP contribution is -2.06. The van der Waals surface area contributed by atoms with Crippen molar-refractivity contribution in [2.45, 2.75) is 20.8 Å². The molecule has 0 aliphatic heterocycles. The van der Waals surface area contributed by atoms with Gasteiger partial charge >= 0.3 is 0 Å². The maximum absolute atomic E-state index is 11.8. The summed E-state index contributed by atoms with van der Waals surface area (Å²) in [5.74, 6) is 0.671. The Morgan fingerprint density at radius 2 is 1.79 bits per heavy atom. The predicted molar refractivity (Wildman–Crippen MR) is 78.7 cm³/mol. The van der Waals surface area contributed by atoms with Crippen LogP contribution in [0.3, 0.4) is 0 Å². The minimum atomic E-state index is 0.0308. The van der Waals surface area contributed by atoms with Crippen LogP contribution in [-0.4, -0.2) is 17.8 Å². The second-order valence-electron chi connectivity index (χ2n) is 4.69. The summed E-state index contributed by atoms with van der Waals surface area (Å²) in [6, 6.07) is 8.24. The van der Waals surface area contributed by atoms with Crippen molar-refractivity contribution in [3.63, 3.8) is 0 Å². The van der Waals surface area contributed by atoms with Crippen molar-refractivity contribution >= 4 is 11.6 Å². The van der Waals surface area contributed by atoms with Crippen LogP contribution < -0.4 is 5.32 Å². The lowest BCUT2D eigenvalue weighted by Gasteiger charge is -2.13. The number of aromatic nitrogens is 1. The molecule has 0 saturated carbocycles. The van der Waals surface area contributed by atoms with Gasteiger partial charge in [0.25, 0.3) is 0 Å². The molecule has 1 aromatic heterocycles. The number of ketones is 1. The van der Waals surface area contributed by atoms with Gasteiger partial charge in [0.1, 0.15) is 5.82 Å². The van der Waals surface area contributed by atoms with Crippen LogP contribution >= 0.6 is 0 Å². The lowest BCUT2D eigenvalue weighted by molar-refractivity contribution is 0.101. The van der Waals surface area contributed by atoms with Gasteiger partial charge in [-0.15, -0.1) is 0 Å². The van der Waals surface area contributed by atoms with Gasteiger partial charge in [-0.25, -0.2) is 4.98 Å². The summed E-state index contributed by atoms with van der Waals surface area (Å²) in [4.78, 5) is 16.1. The lowest BCUT2D eigenvalue weighted by atomic mass is 9.96. The standard InChI is InChI=1S/C16H18N2O/c1-10-5-7-13(8-6-10)14-9-18-16(17-4)15(11(14)2)12(3)19/h5-9H,1-4H3,(H,17,18). The highest BCUT2D eigenvalue weighted by Crippen LogP contribution is 2.28. The number of Topliss-reactive ketones (excluding diaryl/α,β-unsaturated/α-hetero) is 1. The van der Waals surface area contributed by atoms with Gasteiger partial charge in [-0.1, -0.05) is 29.8 Å². The average molecular weight is 254 g/mol. The summed E-state index contributed by atoms with van der Waals surface area (Å²) in [6.45, 7) is 5.60. The zero-order valence-corrected chi connectivity index (χ0v) is 11.7. The third kappa shape index (κ3) is 2.50. The third-order valence-electron chi connectivity index (χ3n) is 3.29. The Morgan fingerprint density at radius 3 is 2.32 bits per heavy atom. The van der Waals surface area contributed by atoms with Gasteiger partial charge in [0.05, 0.1) is 5.56 Å². The van der Waals surface area contributed by atoms with Gasteiger partial charge in [0, 0.05) is 18.8 Å². The number of carbonyl (C=O) groups excluding carboxylic acids is 1. The van der Waals surface area contributed by atoms with Crippen molar-refractivity contribution in [2.75, 3.05) is 12.4 Å². The molecule has 3 nitrogen and oxygen atoms in total. The summed E-state index contributed by atoms with van der Waals surface area (Å²) in [5, 5.41) is 2.97. The molecule has 0 aliphatic rings. The van der Waals surface area contributed by atoms with E-state index in [1.165, 1.54) is 5.56 Å². The molecule has 1 heterocycles. The van der Waals surface area contributed by atoms with Crippen molar-refractivity contribution in [1.82, 2.24) is 4.98 Å². The van der Waals surface area contributed by atoms with E-state index in [9.17, 15) is 4.79 Å². The smallest absolute Gasteiger partial charge is 0.163 e. The first-order chi connectivity index (χ1) is 9.04. The Hall–Kier alpha value is -2.16. The number of benzene rings is 1. The molecule has 19 heavy (non-hydrogen) atoms. The number of nitrogens with one attached hydrogen (secondary N) is 1. The zero-order chi connectivity index (χ0) is 14.0. The van der Waals surface area contributed by atoms with Crippen molar-refractivity contribution in [3.05, 3.63) is 47.2 Å². The molecule has 0 spiro atoms. The van der Waals surface area contributed by atoms with Gasteiger partial charge in [-0.2, -0.15) is 0 Å². The van der Waals surface area contributed by atoms with Crippen LogP contribution in [0.2, 0.25) is 0 Å². The first-order valence-corrected chi connectivity index (χ1v) is 6.30. The largest absolute Gasteiger partial charge is 0.373 e. The highest BCUT2D eigenvalue weighted by molar-refractivity contribution is 6.01. The summed E-state index contributed by atoms with van der Waals surface area (Å²) < 4.78 is 0. The molecule has 0 unspecified atom stereocenters. The first-order valence-electron chi connectivity index (χ1n) is 6.30. The number of anilines is 1. The maximum Gasteiger partial charge on any atom is 0.163 e. The summed E-state index contributed by atoms with van der Waals surface area (Å²) in [6.07, 6.45) is 1.82. The van der Waals surface area contributed by atoms with E-state index in [0.717, 1.165) is 16.7 Å². The van der Waals surface area contributed by atoms with E-state index in [2.05, 4.69) is 41.5 Å². The van der Waals surface area contributed by atoms with Crippen molar-refractivity contribution in [3.8, 4) is 11.1 Å². The van der Waals surface area contributed by atoms with Crippen LogP contribution in [-0.2, 0) is 0 Å². The van der Waals surface area contributed by atoms with Gasteiger partial charge in [0.2, 0.25) is 0 Å². The number of hydrogen-bond donors (Lipinski definition) is 1. The second-order valence-corrected chi connectivity index (χ2v) is 4.69. The van der Waals surface area contributed by atoms with E-state index in [0.29, 0.717) is 11.4 Å². The van der Waals surface area contributed by atoms with E-state index in [1.807, 2.05) is 13.1 Å². The third-order valence-corrected chi connectivity index (χ3v) is 3.29. The van der Waals surface area contributed by atoms with Crippen molar-refractivity contribution in [2.24, 2.45) is 0 Å². The molecule has 0 atom stereocenters. The molecule has 0 aliphatic carbocycles. The maximum atomic E-state index is 11.8. The van der Waals surface area contributed by atoms with Gasteiger partial charge in [-0.05, 0) is 31.9 Å². The summed E-state index contributed by atoms with van der Waals surface area (Å²) in [5.41, 5.74) is 4.94. The Labute approximate surface area is 113 Å². The fourth-order valence-corrected chi connectivity index (χ4v) is 2.25. The number of hydrogen-bond acceptors (Lipinski definition) is 3. The highest BCUT2D eigenvalue weighted by atomic mass is 16.1. The molecule has 2 rings (SSSR count). The SMILES string of the molecule is CNc1ncc(-c2ccc(C)cc2)c(C)c1C(C)=O. The molecule has 1 aromatic carbocycles. The molecule has 98 valence electrons. The van der Waals surface area contributed by atoms with Crippen molar-refractivity contribution in [1.29, 1.82) is 0 Å². The van der Waals surface area contributed by atoms with Gasteiger partial charge in [0.15, 0.2) is 5.78 Å². The first kappa shape index (κ1) is 13.3. The Bertz CT molecular complexity index is 615. The van der Waals surface area contributed by atoms with E-state index < -0.39 is 0 Å². The molecule has 0 bridgehead atoms. The number of pyridine rings is 1. The van der Waals surface area contributed by atoms with E-state index >= 15 is 0 Å². The van der Waals surface area contributed by atoms with Crippen LogP contribution in [0.25, 0.3) is 11.1 Å². The number of rotatable bonds is 3. The van der Waals surface area contributed by atoms with Crippen molar-refractivity contribution < 1.29 is 4.79 Å². The fraction of sp³-hybridized carbons (Fsp3) is 0.250. The van der Waals surface area contributed by atoms with E-state index in [1.54, 1.807) is 14.0 Å². The monoisotopic (exact) mass is 254 g/mol. The molecule has 2 aromatic rings. The quantitative estimate of drug-likeness (QED) is 0.851. The number of carbonyl (C=O) groups is 1. The molecule has 0 amide bonds. The van der Waals surface area contributed by atoms with Gasteiger partial charge < -0.3 is 5.32 Å². The minimum absolute atomic E-state index is 0.0308. The fourth-order valence-electron chi connectivity index (χ4n) is 2.25. The van der Waals surface area contributed by atoms with Crippen LogP contribution in [0.4, 0.5) is 5.82 Å². The molecular weight excluding hydrogens is 236 g/mol. The molecule has 0 fully saturated rings. The summed E-state index contributed by atoms with van der Waals surface area (Å²) >= 11 is 0. The average Bonchev–Trinajstić information content (AvgIpc) is 2.39. The molecule has 1 N–H and O–H groups in total. The molecule has 0 radical (unpaired) electrons. The minimum Gasteiger partial charge on any atom is -0.373 e.